The highest BCUT2D eigenvalue weighted by molar-refractivity contribution is 5.64. The fourth-order valence-corrected chi connectivity index (χ4v) is 2.72. The van der Waals surface area contributed by atoms with Crippen LogP contribution in [-0.4, -0.2) is 28.7 Å². The number of para-hydroxylation sites is 2. The zero-order chi connectivity index (χ0) is 15.2. The second-order valence-electron chi connectivity index (χ2n) is 5.32. The molecule has 1 aromatic carbocycles. The molecule has 0 aliphatic heterocycles. The fraction of sp³-hybridized carbons (Fsp3) is 0.500. The number of benzene rings is 1. The van der Waals surface area contributed by atoms with E-state index in [0.717, 1.165) is 25.7 Å². The lowest BCUT2D eigenvalue weighted by Gasteiger charge is -2.28. The molecule has 0 aromatic heterocycles. The van der Waals surface area contributed by atoms with E-state index in [1.807, 2.05) is 0 Å². The van der Waals surface area contributed by atoms with Crippen LogP contribution in [0.4, 0.5) is 16.2 Å². The summed E-state index contributed by atoms with van der Waals surface area (Å²) in [6.45, 7) is 0.671. The average molecular weight is 293 g/mol. The van der Waals surface area contributed by atoms with Gasteiger partial charge in [0.15, 0.2) is 0 Å². The van der Waals surface area contributed by atoms with Crippen molar-refractivity contribution in [2.24, 2.45) is 5.92 Å². The highest BCUT2D eigenvalue weighted by atomic mass is 16.6. The molecule has 1 saturated carbocycles. The lowest BCUT2D eigenvalue weighted by Crippen LogP contribution is -2.37. The molecular weight excluding hydrogens is 274 g/mol. The van der Waals surface area contributed by atoms with Gasteiger partial charge in [-0.25, -0.2) is 4.79 Å². The van der Waals surface area contributed by atoms with Crippen molar-refractivity contribution in [3.8, 4) is 0 Å². The Kier molecular flexibility index (Phi) is 4.97. The lowest BCUT2D eigenvalue weighted by atomic mass is 9.86. The normalized spacial score (nSPS) is 21.5. The number of carbonyl (C=O) groups is 1. The molecule has 1 aromatic rings. The maximum absolute atomic E-state index is 10.9. The quantitative estimate of drug-likeness (QED) is 0.572. The standard InChI is InChI=1S/C14H19N3O4/c18-14(19)16-11-7-5-10(6-8-11)9-15-12-3-1-2-4-13(12)17(20)21/h1-4,10-11,15-16H,5-9H2,(H,18,19)/t10-,11+. The van der Waals surface area contributed by atoms with Crippen molar-refractivity contribution in [2.45, 2.75) is 31.7 Å². The van der Waals surface area contributed by atoms with E-state index in [2.05, 4.69) is 10.6 Å². The molecule has 3 N–H and O–H groups in total. The predicted octanol–water partition coefficient (Wildman–Crippen LogP) is 2.83. The molecule has 0 radical (unpaired) electrons. The first-order chi connectivity index (χ1) is 10.1. The molecule has 1 amide bonds. The van der Waals surface area contributed by atoms with E-state index in [1.54, 1.807) is 18.2 Å². The Morgan fingerprint density at radius 3 is 2.57 bits per heavy atom. The lowest BCUT2D eigenvalue weighted by molar-refractivity contribution is -0.384. The summed E-state index contributed by atoms with van der Waals surface area (Å²) in [6, 6.07) is 6.63. The summed E-state index contributed by atoms with van der Waals surface area (Å²) in [5.74, 6) is 0.414. The van der Waals surface area contributed by atoms with Crippen LogP contribution in [0.25, 0.3) is 0 Å². The summed E-state index contributed by atoms with van der Waals surface area (Å²) in [4.78, 5) is 21.1. The molecule has 1 aliphatic rings. The molecular formula is C14H19N3O4. The summed E-state index contributed by atoms with van der Waals surface area (Å²) < 4.78 is 0. The molecule has 7 heteroatoms. The molecule has 0 heterocycles. The maximum atomic E-state index is 10.9. The van der Waals surface area contributed by atoms with Crippen molar-refractivity contribution in [3.05, 3.63) is 34.4 Å². The third-order valence-corrected chi connectivity index (χ3v) is 3.86. The first-order valence-electron chi connectivity index (χ1n) is 7.03. The number of hydrogen-bond donors (Lipinski definition) is 3. The van der Waals surface area contributed by atoms with Crippen molar-refractivity contribution < 1.29 is 14.8 Å². The van der Waals surface area contributed by atoms with E-state index >= 15 is 0 Å². The van der Waals surface area contributed by atoms with Gasteiger partial charge in [0.05, 0.1) is 4.92 Å². The molecule has 0 bridgehead atoms. The first-order valence-corrected chi connectivity index (χ1v) is 7.03. The first kappa shape index (κ1) is 15.1. The smallest absolute Gasteiger partial charge is 0.404 e. The van der Waals surface area contributed by atoms with Gasteiger partial charge in [-0.05, 0) is 37.7 Å². The maximum Gasteiger partial charge on any atom is 0.404 e. The minimum Gasteiger partial charge on any atom is -0.465 e. The second kappa shape index (κ2) is 6.92. The zero-order valence-corrected chi connectivity index (χ0v) is 11.6. The summed E-state index contributed by atoms with van der Waals surface area (Å²) >= 11 is 0. The van der Waals surface area contributed by atoms with Crippen LogP contribution in [0, 0.1) is 16.0 Å². The molecule has 1 fully saturated rings. The third-order valence-electron chi connectivity index (χ3n) is 3.86. The van der Waals surface area contributed by atoms with Gasteiger partial charge in [-0.15, -0.1) is 0 Å². The second-order valence-corrected chi connectivity index (χ2v) is 5.32. The number of anilines is 1. The van der Waals surface area contributed by atoms with Gasteiger partial charge in [-0.3, -0.25) is 10.1 Å². The van der Waals surface area contributed by atoms with Gasteiger partial charge in [-0.1, -0.05) is 12.1 Å². The van der Waals surface area contributed by atoms with Crippen LogP contribution in [0.15, 0.2) is 24.3 Å². The SMILES string of the molecule is O=C(O)N[C@H]1CC[C@@H](CNc2ccccc2[N+](=O)[O-])CC1. The van der Waals surface area contributed by atoms with Crippen molar-refractivity contribution in [1.29, 1.82) is 0 Å². The van der Waals surface area contributed by atoms with Gasteiger partial charge in [0.25, 0.3) is 5.69 Å². The Morgan fingerprint density at radius 2 is 1.95 bits per heavy atom. The van der Waals surface area contributed by atoms with Gasteiger partial charge in [-0.2, -0.15) is 0 Å². The number of nitrogens with zero attached hydrogens (tertiary/aromatic N) is 1. The van der Waals surface area contributed by atoms with E-state index < -0.39 is 11.0 Å². The average Bonchev–Trinajstić information content (AvgIpc) is 2.46. The molecule has 114 valence electrons. The number of carboxylic acid groups (broad SMARTS) is 1. The number of nitro benzene ring substituents is 1. The molecule has 0 atom stereocenters. The van der Waals surface area contributed by atoms with Crippen LogP contribution in [0.2, 0.25) is 0 Å². The van der Waals surface area contributed by atoms with Crippen molar-refractivity contribution in [1.82, 2.24) is 5.32 Å². The molecule has 0 saturated heterocycles. The summed E-state index contributed by atoms with van der Waals surface area (Å²) in [5.41, 5.74) is 0.618. The minimum absolute atomic E-state index is 0.0322. The Morgan fingerprint density at radius 1 is 1.29 bits per heavy atom. The van der Waals surface area contributed by atoms with Gasteiger partial charge < -0.3 is 15.7 Å². The topological polar surface area (TPSA) is 104 Å². The van der Waals surface area contributed by atoms with Crippen LogP contribution in [0.3, 0.4) is 0 Å². The van der Waals surface area contributed by atoms with Crippen LogP contribution in [-0.2, 0) is 0 Å². The van der Waals surface area contributed by atoms with Crippen molar-refractivity contribution >= 4 is 17.5 Å². The van der Waals surface area contributed by atoms with Crippen molar-refractivity contribution in [2.75, 3.05) is 11.9 Å². The Balaban J connectivity index is 1.82. The zero-order valence-electron chi connectivity index (χ0n) is 11.6. The van der Waals surface area contributed by atoms with E-state index in [4.69, 9.17) is 5.11 Å². The Labute approximate surface area is 122 Å². The van der Waals surface area contributed by atoms with Crippen LogP contribution >= 0.6 is 0 Å². The molecule has 1 aliphatic carbocycles. The molecule has 0 spiro atoms. The number of nitrogens with one attached hydrogen (secondary N) is 2. The van der Waals surface area contributed by atoms with Crippen LogP contribution in [0.5, 0.6) is 0 Å². The number of nitro groups is 1. The van der Waals surface area contributed by atoms with Crippen LogP contribution in [0.1, 0.15) is 25.7 Å². The summed E-state index contributed by atoms with van der Waals surface area (Å²) in [5, 5.41) is 25.2. The highest BCUT2D eigenvalue weighted by Gasteiger charge is 2.22. The number of amides is 1. The number of rotatable bonds is 5. The molecule has 2 rings (SSSR count). The van der Waals surface area contributed by atoms with E-state index in [9.17, 15) is 14.9 Å². The molecule has 7 nitrogen and oxygen atoms in total. The third kappa shape index (κ3) is 4.34. The van der Waals surface area contributed by atoms with Gasteiger partial charge in [0, 0.05) is 18.7 Å². The van der Waals surface area contributed by atoms with Crippen molar-refractivity contribution in [3.63, 3.8) is 0 Å². The van der Waals surface area contributed by atoms with Gasteiger partial charge >= 0.3 is 6.09 Å². The van der Waals surface area contributed by atoms with E-state index in [0.29, 0.717) is 18.2 Å². The Hall–Kier alpha value is -2.31. The van der Waals surface area contributed by atoms with Crippen LogP contribution < -0.4 is 10.6 Å². The van der Waals surface area contributed by atoms with E-state index in [1.165, 1.54) is 6.07 Å². The highest BCUT2D eigenvalue weighted by Crippen LogP contribution is 2.27. The molecule has 0 unspecified atom stereocenters. The summed E-state index contributed by atoms with van der Waals surface area (Å²) in [7, 11) is 0. The number of hydrogen-bond acceptors (Lipinski definition) is 4. The monoisotopic (exact) mass is 293 g/mol. The summed E-state index contributed by atoms with van der Waals surface area (Å²) in [6.07, 6.45) is 2.49. The van der Waals surface area contributed by atoms with Gasteiger partial charge in [0.1, 0.15) is 5.69 Å². The largest absolute Gasteiger partial charge is 0.465 e. The Bertz CT molecular complexity index is 513. The molecule has 21 heavy (non-hydrogen) atoms. The fourth-order valence-electron chi connectivity index (χ4n) is 2.72. The van der Waals surface area contributed by atoms with E-state index in [-0.39, 0.29) is 11.7 Å². The predicted molar refractivity (Wildman–Crippen MR) is 78.5 cm³/mol. The minimum atomic E-state index is -0.975. The van der Waals surface area contributed by atoms with Gasteiger partial charge in [0.2, 0.25) is 0 Å².